The van der Waals surface area contributed by atoms with E-state index in [2.05, 4.69) is 0 Å². The average Bonchev–Trinajstić information content (AvgIpc) is 2.28. The molecule has 0 saturated carbocycles. The van der Waals surface area contributed by atoms with E-state index >= 15 is 0 Å². The molecule has 1 aromatic rings. The lowest BCUT2D eigenvalue weighted by molar-refractivity contribution is -0.387. The molecule has 0 N–H and O–H groups in total. The topological polar surface area (TPSA) is 55.6 Å². The maximum atomic E-state index is 13.4. The molecule has 0 aliphatic heterocycles. The Bertz CT molecular complexity index is 412. The average molecular weight is 256 g/mol. The lowest BCUT2D eigenvalue weighted by atomic mass is 10.2. The fourth-order valence-electron chi connectivity index (χ4n) is 1.67. The van der Waals surface area contributed by atoms with Gasteiger partial charge in [-0.3, -0.25) is 10.1 Å². The zero-order valence-electron chi connectivity index (χ0n) is 10.6. The van der Waals surface area contributed by atoms with Crippen LogP contribution in [0.3, 0.4) is 0 Å². The van der Waals surface area contributed by atoms with Gasteiger partial charge in [-0.15, -0.1) is 0 Å². The molecule has 0 amide bonds. The fraction of sp³-hybridized carbons (Fsp3) is 0.500. The van der Waals surface area contributed by atoms with Crippen molar-refractivity contribution < 1.29 is 14.1 Å². The van der Waals surface area contributed by atoms with Gasteiger partial charge in [0.05, 0.1) is 4.92 Å². The molecular formula is C12H17FN2O3. The normalized spacial score (nSPS) is 10.9. The number of nitro groups is 1. The number of ether oxygens (including phenoxy) is 1. The third-order valence-corrected chi connectivity index (χ3v) is 2.55. The van der Waals surface area contributed by atoms with Gasteiger partial charge in [0.25, 0.3) is 0 Å². The molecule has 0 aliphatic carbocycles. The van der Waals surface area contributed by atoms with Crippen molar-refractivity contribution in [2.24, 2.45) is 0 Å². The summed E-state index contributed by atoms with van der Waals surface area (Å²) in [4.78, 5) is 11.8. The van der Waals surface area contributed by atoms with Crippen LogP contribution in [0.25, 0.3) is 0 Å². The molecule has 1 rings (SSSR count). The number of rotatable bonds is 7. The Morgan fingerprint density at radius 2 is 2.22 bits per heavy atom. The van der Waals surface area contributed by atoms with Crippen LogP contribution in [0.1, 0.15) is 12.0 Å². The Balaban J connectivity index is 2.57. The first kappa shape index (κ1) is 14.5. The van der Waals surface area contributed by atoms with Gasteiger partial charge in [-0.2, -0.15) is 4.39 Å². The highest BCUT2D eigenvalue weighted by Gasteiger charge is 2.14. The minimum atomic E-state index is -0.789. The number of halogens is 1. The second kappa shape index (κ2) is 7.03. The van der Waals surface area contributed by atoms with E-state index in [-0.39, 0.29) is 0 Å². The first-order chi connectivity index (χ1) is 8.54. The molecule has 0 aromatic heterocycles. The molecule has 0 radical (unpaired) electrons. The maximum Gasteiger partial charge on any atom is 0.304 e. The Morgan fingerprint density at radius 3 is 2.78 bits per heavy atom. The van der Waals surface area contributed by atoms with E-state index in [1.165, 1.54) is 12.1 Å². The number of nitrogens with zero attached hydrogens (tertiary/aromatic N) is 2. The standard InChI is InChI=1S/C12H17FN2O3/c1-14(6-3-7-18-2)9-10-4-5-12(15(16)17)11(13)8-10/h4-5,8H,3,6-7,9H2,1-2H3. The van der Waals surface area contributed by atoms with Gasteiger partial charge in [0.1, 0.15) is 0 Å². The summed E-state index contributed by atoms with van der Waals surface area (Å²) >= 11 is 0. The van der Waals surface area contributed by atoms with Crippen LogP contribution in [-0.4, -0.2) is 37.1 Å². The number of methoxy groups -OCH3 is 1. The predicted octanol–water partition coefficient (Wildman–Crippen LogP) is 2.20. The molecular weight excluding hydrogens is 239 g/mol. The van der Waals surface area contributed by atoms with Crippen molar-refractivity contribution in [3.8, 4) is 0 Å². The van der Waals surface area contributed by atoms with Gasteiger partial charge in [-0.25, -0.2) is 0 Å². The Hall–Kier alpha value is -1.53. The van der Waals surface area contributed by atoms with Crippen molar-refractivity contribution in [2.75, 3.05) is 27.3 Å². The SMILES string of the molecule is COCCCN(C)Cc1ccc([N+](=O)[O-])c(F)c1. The lowest BCUT2D eigenvalue weighted by Gasteiger charge is -2.16. The predicted molar refractivity (Wildman–Crippen MR) is 65.9 cm³/mol. The van der Waals surface area contributed by atoms with Gasteiger partial charge in [0, 0.05) is 32.9 Å². The van der Waals surface area contributed by atoms with Crippen LogP contribution < -0.4 is 0 Å². The monoisotopic (exact) mass is 256 g/mol. The molecule has 100 valence electrons. The number of benzene rings is 1. The van der Waals surface area contributed by atoms with E-state index in [1.807, 2.05) is 11.9 Å². The summed E-state index contributed by atoms with van der Waals surface area (Å²) in [6.45, 7) is 2.06. The third kappa shape index (κ3) is 4.38. The van der Waals surface area contributed by atoms with E-state index in [1.54, 1.807) is 13.2 Å². The van der Waals surface area contributed by atoms with Crippen molar-refractivity contribution in [1.82, 2.24) is 4.90 Å². The summed E-state index contributed by atoms with van der Waals surface area (Å²) < 4.78 is 18.3. The molecule has 1 aromatic carbocycles. The number of hydrogen-bond donors (Lipinski definition) is 0. The fourth-order valence-corrected chi connectivity index (χ4v) is 1.67. The summed E-state index contributed by atoms with van der Waals surface area (Å²) in [7, 11) is 3.56. The number of nitro benzene ring substituents is 1. The van der Waals surface area contributed by atoms with Gasteiger partial charge >= 0.3 is 5.69 Å². The van der Waals surface area contributed by atoms with Crippen molar-refractivity contribution in [3.05, 3.63) is 39.7 Å². The van der Waals surface area contributed by atoms with Gasteiger partial charge in [-0.1, -0.05) is 6.07 Å². The zero-order chi connectivity index (χ0) is 13.5. The van der Waals surface area contributed by atoms with Crippen molar-refractivity contribution in [1.29, 1.82) is 0 Å². The second-order valence-corrected chi connectivity index (χ2v) is 4.13. The van der Waals surface area contributed by atoms with E-state index < -0.39 is 16.4 Å². The Labute approximate surface area is 105 Å². The van der Waals surface area contributed by atoms with Crippen LogP contribution in [-0.2, 0) is 11.3 Å². The molecule has 0 saturated heterocycles. The number of hydrogen-bond acceptors (Lipinski definition) is 4. The van der Waals surface area contributed by atoms with Crippen molar-refractivity contribution >= 4 is 5.69 Å². The molecule has 0 spiro atoms. The first-order valence-electron chi connectivity index (χ1n) is 5.65. The highest BCUT2D eigenvalue weighted by atomic mass is 19.1. The van der Waals surface area contributed by atoms with Crippen LogP contribution >= 0.6 is 0 Å². The molecule has 0 aliphatic rings. The summed E-state index contributed by atoms with van der Waals surface area (Å²) in [6, 6.07) is 3.99. The van der Waals surface area contributed by atoms with Crippen LogP contribution in [0.2, 0.25) is 0 Å². The molecule has 0 fully saturated rings. The maximum absolute atomic E-state index is 13.4. The minimum absolute atomic E-state index is 0.485. The molecule has 0 unspecified atom stereocenters. The quantitative estimate of drug-likeness (QED) is 0.426. The molecule has 0 atom stereocenters. The smallest absolute Gasteiger partial charge is 0.304 e. The van der Waals surface area contributed by atoms with Crippen LogP contribution in [0.4, 0.5) is 10.1 Å². The van der Waals surface area contributed by atoms with Crippen LogP contribution in [0.5, 0.6) is 0 Å². The summed E-state index contributed by atoms with van der Waals surface area (Å²) in [5.41, 5.74) is 0.235. The highest BCUT2D eigenvalue weighted by molar-refractivity contribution is 5.34. The van der Waals surface area contributed by atoms with E-state index in [4.69, 9.17) is 4.74 Å². The molecule has 5 nitrogen and oxygen atoms in total. The van der Waals surface area contributed by atoms with Gasteiger partial charge in [-0.05, 0) is 25.1 Å². The van der Waals surface area contributed by atoms with Crippen molar-refractivity contribution in [3.63, 3.8) is 0 Å². The molecule has 0 bridgehead atoms. The molecule has 18 heavy (non-hydrogen) atoms. The van der Waals surface area contributed by atoms with Crippen LogP contribution in [0.15, 0.2) is 18.2 Å². The van der Waals surface area contributed by atoms with Crippen LogP contribution in [0, 0.1) is 15.9 Å². The van der Waals surface area contributed by atoms with E-state index in [0.29, 0.717) is 13.2 Å². The second-order valence-electron chi connectivity index (χ2n) is 4.13. The first-order valence-corrected chi connectivity index (χ1v) is 5.65. The Kier molecular flexibility index (Phi) is 5.67. The summed E-state index contributed by atoms with van der Waals surface area (Å²) in [5.74, 6) is -0.789. The molecule has 0 heterocycles. The highest BCUT2D eigenvalue weighted by Crippen LogP contribution is 2.18. The van der Waals surface area contributed by atoms with Crippen molar-refractivity contribution in [2.45, 2.75) is 13.0 Å². The largest absolute Gasteiger partial charge is 0.385 e. The molecule has 6 heteroatoms. The lowest BCUT2D eigenvalue weighted by Crippen LogP contribution is -2.20. The third-order valence-electron chi connectivity index (χ3n) is 2.55. The van der Waals surface area contributed by atoms with E-state index in [9.17, 15) is 14.5 Å². The summed E-state index contributed by atoms with van der Waals surface area (Å²) in [6.07, 6.45) is 0.891. The van der Waals surface area contributed by atoms with Gasteiger partial charge in [0.15, 0.2) is 0 Å². The van der Waals surface area contributed by atoms with Gasteiger partial charge < -0.3 is 9.64 Å². The van der Waals surface area contributed by atoms with Gasteiger partial charge in [0.2, 0.25) is 5.82 Å². The summed E-state index contributed by atoms with van der Waals surface area (Å²) in [5, 5.41) is 10.5. The Morgan fingerprint density at radius 1 is 1.50 bits per heavy atom. The van der Waals surface area contributed by atoms with E-state index in [0.717, 1.165) is 18.5 Å². The minimum Gasteiger partial charge on any atom is -0.385 e. The zero-order valence-corrected chi connectivity index (χ0v) is 10.6.